The summed E-state index contributed by atoms with van der Waals surface area (Å²) in [4.78, 5) is 19.8. The topological polar surface area (TPSA) is 67.6 Å². The number of anilines is 1. The maximum absolute atomic E-state index is 4.94. The van der Waals surface area contributed by atoms with Crippen molar-refractivity contribution in [1.29, 1.82) is 0 Å². The lowest BCUT2D eigenvalue weighted by atomic mass is 9.82. The van der Waals surface area contributed by atoms with Crippen molar-refractivity contribution in [3.63, 3.8) is 0 Å². The van der Waals surface area contributed by atoms with E-state index in [1.807, 2.05) is 0 Å². The molecular formula is C37H55N7. The normalized spacial score (nSPS) is 25.8. The van der Waals surface area contributed by atoms with Gasteiger partial charge in [0, 0.05) is 61.9 Å². The van der Waals surface area contributed by atoms with Crippen LogP contribution < -0.4 is 26.2 Å². The van der Waals surface area contributed by atoms with Gasteiger partial charge in [0.1, 0.15) is 0 Å². The van der Waals surface area contributed by atoms with Gasteiger partial charge in [-0.1, -0.05) is 27.4 Å². The zero-order valence-electron chi connectivity index (χ0n) is 27.6. The molecule has 5 aliphatic rings. The maximum Gasteiger partial charge on any atom is 0.200 e. The number of guanidine groups is 1. The highest BCUT2D eigenvalue weighted by Gasteiger charge is 2.27. The second kappa shape index (κ2) is 13.9. The van der Waals surface area contributed by atoms with Crippen LogP contribution in [-0.4, -0.2) is 56.2 Å². The van der Waals surface area contributed by atoms with Crippen molar-refractivity contribution in [2.45, 2.75) is 97.4 Å². The lowest BCUT2D eigenvalue weighted by Crippen LogP contribution is -2.43. The Morgan fingerprint density at radius 1 is 0.977 bits per heavy atom. The van der Waals surface area contributed by atoms with E-state index < -0.39 is 0 Å². The van der Waals surface area contributed by atoms with Gasteiger partial charge in [0.2, 0.25) is 0 Å². The highest BCUT2D eigenvalue weighted by molar-refractivity contribution is 5.82. The standard InChI is InChI=1S/C37H55N7/c1-27(24-37(2,3)4)44-20-8-9-30(26-44)29-14-15-40-36(41-25-29)42-32-12-10-28(11-13-32)21-31-22-33(43-18-6-5-7-19-43)23-34-35(31)39-17-16-38-34/h14-15,22-23,25,28,30,32H,1,5-13,16-21,24,26H2,2-4H3,(H2,40,41,42)/t28-,30-,32+/m1/s1. The van der Waals surface area contributed by atoms with Crippen LogP contribution in [0.2, 0.25) is 0 Å². The fourth-order valence-corrected chi connectivity index (χ4v) is 7.82. The van der Waals surface area contributed by atoms with Crippen LogP contribution >= 0.6 is 0 Å². The van der Waals surface area contributed by atoms with Crippen LogP contribution in [0.25, 0.3) is 0 Å². The Labute approximate surface area is 265 Å². The first-order valence-corrected chi connectivity index (χ1v) is 17.5. The number of nitrogens with one attached hydrogen (secondary N) is 2. The Balaban J connectivity index is 1.04. The molecule has 2 N–H and O–H groups in total. The molecule has 0 aromatic heterocycles. The molecule has 0 bridgehead atoms. The quantitative estimate of drug-likeness (QED) is 0.427. The van der Waals surface area contributed by atoms with Gasteiger partial charge in [0.15, 0.2) is 5.96 Å². The van der Waals surface area contributed by atoms with Gasteiger partial charge in [0.05, 0.1) is 23.8 Å². The molecule has 4 heterocycles. The molecule has 0 spiro atoms. The molecule has 6 rings (SSSR count). The van der Waals surface area contributed by atoms with Gasteiger partial charge in [-0.25, -0.2) is 4.99 Å². The van der Waals surface area contributed by atoms with E-state index in [0.717, 1.165) is 50.3 Å². The number of rotatable bonds is 7. The molecule has 4 aliphatic heterocycles. The Morgan fingerprint density at radius 3 is 2.57 bits per heavy atom. The monoisotopic (exact) mass is 597 g/mol. The molecule has 238 valence electrons. The molecule has 3 fully saturated rings. The number of piperidine rings is 2. The Bertz CT molecular complexity index is 1380. The number of aliphatic imine (C=N–C) groups is 1. The zero-order chi connectivity index (χ0) is 30.5. The highest BCUT2D eigenvalue weighted by atomic mass is 15.2. The Hall–Kier alpha value is -3.09. The fourth-order valence-electron chi connectivity index (χ4n) is 7.82. The first-order chi connectivity index (χ1) is 21.3. The van der Waals surface area contributed by atoms with Crippen molar-refractivity contribution in [2.24, 2.45) is 32.2 Å². The highest BCUT2D eigenvalue weighted by Crippen LogP contribution is 2.32. The van der Waals surface area contributed by atoms with Crippen LogP contribution in [0.1, 0.15) is 90.5 Å². The third-order valence-corrected chi connectivity index (χ3v) is 10.1. The molecule has 1 aliphatic carbocycles. The summed E-state index contributed by atoms with van der Waals surface area (Å²) in [5.41, 5.74) is 5.65. The predicted octanol–water partition coefficient (Wildman–Crippen LogP) is 5.64. The van der Waals surface area contributed by atoms with Crippen LogP contribution in [0.4, 0.5) is 5.69 Å². The predicted molar refractivity (Wildman–Crippen MR) is 182 cm³/mol. The second-order valence-electron chi connectivity index (χ2n) is 15.0. The summed E-state index contributed by atoms with van der Waals surface area (Å²) in [6, 6.07) is 5.21. The van der Waals surface area contributed by atoms with Gasteiger partial charge in [-0.15, -0.1) is 0 Å². The average molecular weight is 598 g/mol. The number of likely N-dealkylation sites (tertiary alicyclic amines) is 1. The van der Waals surface area contributed by atoms with Crippen LogP contribution in [0.3, 0.4) is 0 Å². The van der Waals surface area contributed by atoms with Gasteiger partial charge in [-0.2, -0.15) is 0 Å². The van der Waals surface area contributed by atoms with Gasteiger partial charge in [-0.3, -0.25) is 9.98 Å². The van der Waals surface area contributed by atoms with Crippen molar-refractivity contribution in [1.82, 2.24) is 15.5 Å². The molecule has 44 heavy (non-hydrogen) atoms. The fraction of sp³-hybridized carbons (Fsp3) is 0.649. The summed E-state index contributed by atoms with van der Waals surface area (Å²) >= 11 is 0. The van der Waals surface area contributed by atoms with E-state index in [9.17, 15) is 0 Å². The number of fused-ring (bicyclic) bond motifs is 1. The van der Waals surface area contributed by atoms with Crippen LogP contribution in [0, 0.1) is 17.3 Å². The molecule has 1 atom stereocenters. The first-order valence-electron chi connectivity index (χ1n) is 17.5. The molecule has 0 radical (unpaired) electrons. The minimum atomic E-state index is 0.267. The summed E-state index contributed by atoms with van der Waals surface area (Å²) in [6.07, 6.45) is 19.7. The van der Waals surface area contributed by atoms with Crippen molar-refractivity contribution < 1.29 is 0 Å². The summed E-state index contributed by atoms with van der Waals surface area (Å²) in [5, 5.41) is 9.47. The minimum Gasteiger partial charge on any atom is -0.375 e. The van der Waals surface area contributed by atoms with Gasteiger partial charge in [0.25, 0.3) is 0 Å². The summed E-state index contributed by atoms with van der Waals surface area (Å²) < 4.78 is 0. The summed E-state index contributed by atoms with van der Waals surface area (Å²) in [6.45, 7) is 17.5. The second-order valence-corrected chi connectivity index (χ2v) is 15.0. The number of nitrogens with zero attached hydrogens (tertiary/aromatic N) is 5. The lowest BCUT2D eigenvalue weighted by molar-refractivity contribution is 0.217. The number of hydrogen-bond acceptors (Lipinski definition) is 7. The molecule has 0 unspecified atom stereocenters. The molecule has 2 saturated heterocycles. The van der Waals surface area contributed by atoms with Crippen LogP contribution in [0.15, 0.2) is 63.4 Å². The third-order valence-electron chi connectivity index (χ3n) is 10.1. The van der Waals surface area contributed by atoms with Crippen molar-refractivity contribution in [3.05, 3.63) is 64.7 Å². The average Bonchev–Trinajstić information content (AvgIpc) is 3.27. The molecule has 1 aromatic carbocycles. The molecule has 1 aromatic rings. The van der Waals surface area contributed by atoms with E-state index in [1.165, 1.54) is 98.8 Å². The van der Waals surface area contributed by atoms with E-state index in [1.54, 1.807) is 0 Å². The van der Waals surface area contributed by atoms with Gasteiger partial charge < -0.3 is 20.4 Å². The van der Waals surface area contributed by atoms with E-state index in [-0.39, 0.29) is 5.41 Å². The van der Waals surface area contributed by atoms with Crippen LogP contribution in [-0.2, 0) is 6.42 Å². The van der Waals surface area contributed by atoms with E-state index in [2.05, 4.69) is 78.4 Å². The number of allylic oxidation sites excluding steroid dienone is 2. The number of benzene rings is 1. The van der Waals surface area contributed by atoms with Gasteiger partial charge in [-0.05, 0) is 111 Å². The molecule has 7 nitrogen and oxygen atoms in total. The largest absolute Gasteiger partial charge is 0.375 e. The molecule has 7 heteroatoms. The Morgan fingerprint density at radius 2 is 1.77 bits per heavy atom. The molecular weight excluding hydrogens is 542 g/mol. The SMILES string of the molecule is C=C(CC(C)(C)C)N1CCC[C@@H](C2=CN=C(N[C@H]3CC[C@@H](Cc4cc(N5CCCCC5)cc5c4=NCCN=5)CC3)NC=C2)C1. The van der Waals surface area contributed by atoms with Crippen molar-refractivity contribution >= 4 is 11.6 Å². The van der Waals surface area contributed by atoms with E-state index >= 15 is 0 Å². The molecule has 0 amide bonds. The van der Waals surface area contributed by atoms with E-state index in [0.29, 0.717) is 17.9 Å². The first kappa shape index (κ1) is 30.9. The van der Waals surface area contributed by atoms with Gasteiger partial charge >= 0.3 is 0 Å². The summed E-state index contributed by atoms with van der Waals surface area (Å²) in [5.74, 6) is 2.08. The zero-order valence-corrected chi connectivity index (χ0v) is 27.6. The third kappa shape index (κ3) is 7.94. The summed E-state index contributed by atoms with van der Waals surface area (Å²) in [7, 11) is 0. The van der Waals surface area contributed by atoms with Crippen molar-refractivity contribution in [3.8, 4) is 0 Å². The Kier molecular flexibility index (Phi) is 9.77. The van der Waals surface area contributed by atoms with Crippen LogP contribution in [0.5, 0.6) is 0 Å². The van der Waals surface area contributed by atoms with E-state index in [4.69, 9.17) is 15.0 Å². The van der Waals surface area contributed by atoms with Crippen molar-refractivity contribution in [2.75, 3.05) is 44.2 Å². The minimum absolute atomic E-state index is 0.267. The number of hydrogen-bond donors (Lipinski definition) is 2. The maximum atomic E-state index is 4.94. The smallest absolute Gasteiger partial charge is 0.200 e. The molecule has 1 saturated carbocycles. The lowest BCUT2D eigenvalue weighted by Gasteiger charge is -2.37.